The third-order valence-electron chi connectivity index (χ3n) is 10.1. The predicted molar refractivity (Wildman–Crippen MR) is 215 cm³/mol. The monoisotopic (exact) mass is 779 g/mol. The molecule has 13 heteroatoms. The summed E-state index contributed by atoms with van der Waals surface area (Å²) in [6.45, 7) is 4.08. The third-order valence-corrected chi connectivity index (χ3v) is 10.5. The van der Waals surface area contributed by atoms with Crippen LogP contribution in [0.1, 0.15) is 79.1 Å². The van der Waals surface area contributed by atoms with E-state index in [0.29, 0.717) is 47.8 Å². The summed E-state index contributed by atoms with van der Waals surface area (Å²) in [6.07, 6.45) is 3.25. The zero-order chi connectivity index (χ0) is 39.8. The van der Waals surface area contributed by atoms with Crippen LogP contribution in [0, 0.1) is 0 Å². The molecule has 292 valence electrons. The highest BCUT2D eigenvalue weighted by Crippen LogP contribution is 2.34. The lowest BCUT2D eigenvalue weighted by Crippen LogP contribution is -2.47. The molecule has 4 aromatic rings. The van der Waals surface area contributed by atoms with E-state index in [2.05, 4.69) is 11.9 Å². The number of carbonyl (C=O) groups excluding carboxylic acids is 5. The number of nitrogen functional groups attached to an aromatic ring is 1. The van der Waals surface area contributed by atoms with Crippen molar-refractivity contribution in [1.29, 1.82) is 0 Å². The van der Waals surface area contributed by atoms with Gasteiger partial charge >= 0.3 is 0 Å². The van der Waals surface area contributed by atoms with Crippen molar-refractivity contribution in [1.82, 2.24) is 14.7 Å². The van der Waals surface area contributed by atoms with Crippen LogP contribution in [0.2, 0.25) is 5.02 Å². The second-order valence-corrected chi connectivity index (χ2v) is 14.3. The highest BCUT2D eigenvalue weighted by Gasteiger charge is 2.34. The minimum atomic E-state index is -0.449. The van der Waals surface area contributed by atoms with E-state index in [1.165, 1.54) is 21.9 Å². The number of hydrogen-bond acceptors (Lipinski definition) is 9. The second-order valence-electron chi connectivity index (χ2n) is 13.9. The van der Waals surface area contributed by atoms with Gasteiger partial charge in [-0.25, -0.2) is 0 Å². The summed E-state index contributed by atoms with van der Waals surface area (Å²) in [5.74, 6) is -0.553. The van der Waals surface area contributed by atoms with Crippen LogP contribution in [-0.2, 0) is 4.79 Å². The standard InChI is InChI=1S/C43H46ClN5O7/c1-46-23-25-48(26-24-46)37(50)19-4-3-11-27-56-36-18-10-8-16-34(36)47(2)41(52)32-20-21-33(39(45)38(32)44)40(51)31-15-7-9-17-35(31)55-28-12-22-49-42(53)29-13-5-6-14-30(29)43(49)54/h5-10,13-18,20-21H,3-4,11-12,19,22-28,45H2,1-2H3. The van der Waals surface area contributed by atoms with Gasteiger partial charge in [0.25, 0.3) is 17.7 Å². The SMILES string of the molecule is CN1CCN(C(=O)CCCCCOc2ccccc2N(C)C(=O)c2ccc(C(=O)c3ccccc3OCCCN3C(=O)c4ccccc4C3=O)c(N)c2Cl)CC1. The summed E-state index contributed by atoms with van der Waals surface area (Å²) in [5, 5.41) is -0.0587. The number of nitrogens with two attached hydrogens (primary N) is 1. The number of ketones is 1. The molecular formula is C43H46ClN5O7. The Morgan fingerprint density at radius 3 is 2.02 bits per heavy atom. The van der Waals surface area contributed by atoms with Crippen molar-refractivity contribution in [3.63, 3.8) is 0 Å². The number of benzene rings is 4. The third kappa shape index (κ3) is 8.87. The van der Waals surface area contributed by atoms with Crippen molar-refractivity contribution in [2.45, 2.75) is 32.1 Å². The maximum Gasteiger partial charge on any atom is 0.261 e. The van der Waals surface area contributed by atoms with E-state index >= 15 is 0 Å². The molecule has 0 radical (unpaired) electrons. The Balaban J connectivity index is 1.03. The van der Waals surface area contributed by atoms with Crippen LogP contribution in [0.25, 0.3) is 0 Å². The number of carbonyl (C=O) groups is 5. The number of amides is 4. The van der Waals surface area contributed by atoms with Crippen LogP contribution in [0.5, 0.6) is 11.5 Å². The quantitative estimate of drug-likeness (QED) is 0.0608. The zero-order valence-electron chi connectivity index (χ0n) is 31.7. The zero-order valence-corrected chi connectivity index (χ0v) is 32.4. The fourth-order valence-electron chi connectivity index (χ4n) is 6.83. The Bertz CT molecular complexity index is 2080. The molecule has 2 aliphatic heterocycles. The number of fused-ring (bicyclic) bond motifs is 1. The van der Waals surface area contributed by atoms with Gasteiger partial charge in [-0.3, -0.25) is 28.9 Å². The first-order valence-electron chi connectivity index (χ1n) is 18.8. The molecule has 2 N–H and O–H groups in total. The van der Waals surface area contributed by atoms with Gasteiger partial charge in [-0.2, -0.15) is 0 Å². The number of rotatable bonds is 16. The van der Waals surface area contributed by atoms with E-state index < -0.39 is 11.7 Å². The lowest BCUT2D eigenvalue weighted by molar-refractivity contribution is -0.132. The van der Waals surface area contributed by atoms with Crippen LogP contribution in [0.4, 0.5) is 11.4 Å². The number of likely N-dealkylation sites (N-methyl/N-ethyl adjacent to an activating group) is 1. The largest absolute Gasteiger partial charge is 0.493 e. The lowest BCUT2D eigenvalue weighted by Gasteiger charge is -2.32. The summed E-state index contributed by atoms with van der Waals surface area (Å²) >= 11 is 6.69. The maximum absolute atomic E-state index is 13.8. The molecule has 6 rings (SSSR count). The molecule has 12 nitrogen and oxygen atoms in total. The summed E-state index contributed by atoms with van der Waals surface area (Å²) in [5.41, 5.74) is 8.12. The van der Waals surface area contributed by atoms with Crippen molar-refractivity contribution in [2.75, 3.05) is 70.7 Å². The van der Waals surface area contributed by atoms with Crippen molar-refractivity contribution in [3.8, 4) is 11.5 Å². The average Bonchev–Trinajstić information content (AvgIpc) is 3.46. The van der Waals surface area contributed by atoms with Crippen LogP contribution in [0.15, 0.2) is 84.9 Å². The molecule has 0 aliphatic carbocycles. The minimum absolute atomic E-state index is 0.0491. The maximum atomic E-state index is 13.8. The van der Waals surface area contributed by atoms with Gasteiger partial charge in [0.05, 0.1) is 51.9 Å². The first-order valence-corrected chi connectivity index (χ1v) is 19.2. The summed E-state index contributed by atoms with van der Waals surface area (Å²) in [7, 11) is 3.68. The molecule has 4 amide bonds. The molecule has 0 atom stereocenters. The normalized spacial score (nSPS) is 14.1. The summed E-state index contributed by atoms with van der Waals surface area (Å²) in [6, 6.07) is 23.5. The van der Waals surface area contributed by atoms with Crippen LogP contribution in [0.3, 0.4) is 0 Å². The molecule has 0 spiro atoms. The Labute approximate surface area is 331 Å². The van der Waals surface area contributed by atoms with Crippen LogP contribution < -0.4 is 20.1 Å². The molecule has 2 aliphatic rings. The summed E-state index contributed by atoms with van der Waals surface area (Å²) in [4.78, 5) is 72.3. The van der Waals surface area contributed by atoms with Gasteiger partial charge in [0.2, 0.25) is 5.91 Å². The van der Waals surface area contributed by atoms with Crippen LogP contribution >= 0.6 is 11.6 Å². The minimum Gasteiger partial charge on any atom is -0.493 e. The molecule has 1 saturated heterocycles. The second kappa shape index (κ2) is 18.3. The van der Waals surface area contributed by atoms with Gasteiger partial charge in [0.15, 0.2) is 5.78 Å². The number of nitrogens with zero attached hydrogens (tertiary/aromatic N) is 4. The van der Waals surface area contributed by atoms with Crippen molar-refractivity contribution < 1.29 is 33.4 Å². The molecule has 0 saturated carbocycles. The van der Waals surface area contributed by atoms with Gasteiger partial charge in [-0.15, -0.1) is 0 Å². The number of piperazine rings is 1. The molecule has 0 aromatic heterocycles. The van der Waals surface area contributed by atoms with Gasteiger partial charge < -0.3 is 29.9 Å². The average molecular weight is 780 g/mol. The number of anilines is 2. The summed E-state index contributed by atoms with van der Waals surface area (Å²) < 4.78 is 12.0. The first kappa shape index (κ1) is 40.0. The predicted octanol–water partition coefficient (Wildman–Crippen LogP) is 6.21. The Kier molecular flexibility index (Phi) is 13.0. The Morgan fingerprint density at radius 2 is 1.30 bits per heavy atom. The molecule has 0 unspecified atom stereocenters. The topological polar surface area (TPSA) is 143 Å². The first-order chi connectivity index (χ1) is 27.1. The molecule has 1 fully saturated rings. The highest BCUT2D eigenvalue weighted by atomic mass is 35.5. The van der Waals surface area contributed by atoms with E-state index in [-0.39, 0.29) is 58.3 Å². The fourth-order valence-corrected chi connectivity index (χ4v) is 7.07. The van der Waals surface area contributed by atoms with E-state index in [1.54, 1.807) is 73.8 Å². The van der Waals surface area contributed by atoms with E-state index in [9.17, 15) is 24.0 Å². The van der Waals surface area contributed by atoms with Crippen molar-refractivity contribution >= 4 is 52.4 Å². The lowest BCUT2D eigenvalue weighted by atomic mass is 9.99. The number of para-hydroxylation sites is 3. The molecule has 56 heavy (non-hydrogen) atoms. The Hall–Kier alpha value is -5.72. The highest BCUT2D eigenvalue weighted by molar-refractivity contribution is 6.38. The number of unbranched alkanes of at least 4 members (excludes halogenated alkanes) is 2. The van der Waals surface area contributed by atoms with E-state index in [4.69, 9.17) is 26.8 Å². The van der Waals surface area contributed by atoms with E-state index in [0.717, 1.165) is 45.4 Å². The number of ether oxygens (including phenoxy) is 2. The van der Waals surface area contributed by atoms with Gasteiger partial charge in [0, 0.05) is 51.8 Å². The molecule has 4 aromatic carbocycles. The van der Waals surface area contributed by atoms with E-state index in [1.807, 2.05) is 11.0 Å². The van der Waals surface area contributed by atoms with Gasteiger partial charge in [-0.05, 0) is 81.3 Å². The van der Waals surface area contributed by atoms with Crippen molar-refractivity contribution in [2.24, 2.45) is 0 Å². The smallest absolute Gasteiger partial charge is 0.261 e. The molecule has 0 bridgehead atoms. The molecular weight excluding hydrogens is 734 g/mol. The van der Waals surface area contributed by atoms with Crippen molar-refractivity contribution in [3.05, 3.63) is 118 Å². The van der Waals surface area contributed by atoms with Crippen LogP contribution in [-0.4, -0.2) is 104 Å². The number of imide groups is 1. The van der Waals surface area contributed by atoms with Gasteiger partial charge in [0.1, 0.15) is 11.5 Å². The number of hydrogen-bond donors (Lipinski definition) is 1. The Morgan fingerprint density at radius 1 is 0.714 bits per heavy atom. The molecule has 2 heterocycles. The fraction of sp³-hybridized carbons (Fsp3) is 0.326. The van der Waals surface area contributed by atoms with Gasteiger partial charge in [-0.1, -0.05) is 48.0 Å². The number of halogens is 1.